The summed E-state index contributed by atoms with van der Waals surface area (Å²) in [6, 6.07) is 12.6. The lowest BCUT2D eigenvalue weighted by Gasteiger charge is -1.95. The largest absolute Gasteiger partial charge is 0.318 e. The van der Waals surface area contributed by atoms with E-state index in [4.69, 9.17) is 0 Å². The van der Waals surface area contributed by atoms with Crippen LogP contribution >= 0.6 is 0 Å². The third-order valence-corrected chi connectivity index (χ3v) is 1.24. The van der Waals surface area contributed by atoms with E-state index in [-0.39, 0.29) is 0 Å². The third kappa shape index (κ3) is 9.18. The molecular weight excluding hydrogens is 134 g/mol. The number of hydrogen-bond acceptors (Lipinski definition) is 1. The summed E-state index contributed by atoms with van der Waals surface area (Å²) in [5, 5.41) is 3.03. The summed E-state index contributed by atoms with van der Waals surface area (Å²) in [5.74, 6) is 0. The quantitative estimate of drug-likeness (QED) is 0.649. The van der Waals surface area contributed by atoms with E-state index in [1.807, 2.05) is 43.4 Å². The third-order valence-electron chi connectivity index (χ3n) is 1.24. The Morgan fingerprint density at radius 3 is 1.09 bits per heavy atom. The van der Waals surface area contributed by atoms with Crippen LogP contribution in [0.3, 0.4) is 0 Å². The molecule has 0 fully saturated rings. The molecule has 0 spiro atoms. The van der Waals surface area contributed by atoms with Crippen LogP contribution in [0.2, 0.25) is 0 Å². The highest BCUT2D eigenvalue weighted by molar-refractivity contribution is 4.99. The van der Waals surface area contributed by atoms with Crippen LogP contribution < -0.4 is 5.32 Å². The Morgan fingerprint density at radius 1 is 0.818 bits per heavy atom. The van der Waals surface area contributed by atoms with Crippen molar-refractivity contribution in [2.75, 3.05) is 7.05 Å². The van der Waals surface area contributed by atoms with Gasteiger partial charge in [0, 0.05) is 6.04 Å². The Kier molecular flexibility index (Phi) is 6.75. The van der Waals surface area contributed by atoms with Crippen molar-refractivity contribution >= 4 is 0 Å². The fraction of sp³-hybridized carbons (Fsp3) is 0.400. The van der Waals surface area contributed by atoms with Crippen molar-refractivity contribution < 1.29 is 0 Å². The average molecular weight is 151 g/mol. The van der Waals surface area contributed by atoms with Gasteiger partial charge in [0.1, 0.15) is 0 Å². The summed E-state index contributed by atoms with van der Waals surface area (Å²) < 4.78 is 0. The minimum atomic E-state index is 0.634. The highest BCUT2D eigenvalue weighted by atomic mass is 14.8. The molecule has 0 aliphatic carbocycles. The number of benzene rings is 1. The van der Waals surface area contributed by atoms with Crippen LogP contribution in [0, 0.1) is 0 Å². The molecule has 0 amide bonds. The van der Waals surface area contributed by atoms with Crippen LogP contribution in [0.25, 0.3) is 0 Å². The maximum atomic E-state index is 3.03. The van der Waals surface area contributed by atoms with E-state index < -0.39 is 0 Å². The zero-order chi connectivity index (χ0) is 8.53. The van der Waals surface area contributed by atoms with Gasteiger partial charge in [-0.05, 0) is 7.05 Å². The predicted octanol–water partition coefficient (Wildman–Crippen LogP) is 2.30. The van der Waals surface area contributed by atoms with Gasteiger partial charge < -0.3 is 5.32 Å². The van der Waals surface area contributed by atoms with E-state index in [2.05, 4.69) is 19.2 Å². The van der Waals surface area contributed by atoms with Crippen LogP contribution in [0.1, 0.15) is 13.8 Å². The molecule has 0 saturated carbocycles. The molecule has 1 aromatic carbocycles. The van der Waals surface area contributed by atoms with Crippen molar-refractivity contribution in [3.8, 4) is 0 Å². The monoisotopic (exact) mass is 151 g/mol. The number of rotatable bonds is 1. The van der Waals surface area contributed by atoms with Crippen LogP contribution in [-0.2, 0) is 0 Å². The van der Waals surface area contributed by atoms with Crippen molar-refractivity contribution in [1.29, 1.82) is 0 Å². The Labute approximate surface area is 69.4 Å². The van der Waals surface area contributed by atoms with Crippen molar-refractivity contribution in [1.82, 2.24) is 5.32 Å². The van der Waals surface area contributed by atoms with Gasteiger partial charge in [-0.1, -0.05) is 50.2 Å². The molecule has 1 rings (SSSR count). The second kappa shape index (κ2) is 7.29. The Balaban J connectivity index is 0.000000187. The van der Waals surface area contributed by atoms with Gasteiger partial charge >= 0.3 is 0 Å². The SMILES string of the molecule is CNC(C)C.c1ccccc1. The highest BCUT2D eigenvalue weighted by Crippen LogP contribution is 1.79. The summed E-state index contributed by atoms with van der Waals surface area (Å²) in [5.41, 5.74) is 0. The molecule has 1 nitrogen and oxygen atoms in total. The van der Waals surface area contributed by atoms with Gasteiger partial charge in [-0.25, -0.2) is 0 Å². The van der Waals surface area contributed by atoms with Gasteiger partial charge in [-0.2, -0.15) is 0 Å². The fourth-order valence-electron chi connectivity index (χ4n) is 0.385. The summed E-state index contributed by atoms with van der Waals surface area (Å²) in [6.07, 6.45) is 0. The topological polar surface area (TPSA) is 12.0 Å². The van der Waals surface area contributed by atoms with Gasteiger partial charge in [0.05, 0.1) is 0 Å². The molecule has 0 heterocycles. The van der Waals surface area contributed by atoms with Gasteiger partial charge in [0.15, 0.2) is 0 Å². The fourth-order valence-corrected chi connectivity index (χ4v) is 0.385. The van der Waals surface area contributed by atoms with E-state index in [0.717, 1.165) is 0 Å². The summed E-state index contributed by atoms with van der Waals surface area (Å²) >= 11 is 0. The molecule has 1 aromatic rings. The Bertz CT molecular complexity index is 120. The molecule has 0 unspecified atom stereocenters. The first-order chi connectivity index (χ1) is 5.27. The van der Waals surface area contributed by atoms with Crippen molar-refractivity contribution in [3.05, 3.63) is 36.4 Å². The minimum absolute atomic E-state index is 0.634. The summed E-state index contributed by atoms with van der Waals surface area (Å²) in [7, 11) is 1.95. The molecule has 0 radical (unpaired) electrons. The van der Waals surface area contributed by atoms with E-state index in [9.17, 15) is 0 Å². The van der Waals surface area contributed by atoms with Crippen molar-refractivity contribution in [2.24, 2.45) is 0 Å². The molecule has 62 valence electrons. The van der Waals surface area contributed by atoms with Crippen molar-refractivity contribution in [3.63, 3.8) is 0 Å². The molecule has 11 heavy (non-hydrogen) atoms. The summed E-state index contributed by atoms with van der Waals surface area (Å²) in [6.45, 7) is 4.22. The standard InChI is InChI=1S/C6H6.C4H11N/c1-2-4-6-5-3-1;1-4(2)5-3/h1-6H;4-5H,1-3H3. The molecule has 0 saturated heterocycles. The molecule has 0 aromatic heterocycles. The maximum absolute atomic E-state index is 3.03. The van der Waals surface area contributed by atoms with Gasteiger partial charge in [0.25, 0.3) is 0 Å². The summed E-state index contributed by atoms with van der Waals surface area (Å²) in [4.78, 5) is 0. The molecule has 1 N–H and O–H groups in total. The molecule has 0 aliphatic heterocycles. The average Bonchev–Trinajstić information content (AvgIpc) is 2.09. The Morgan fingerprint density at radius 2 is 1.00 bits per heavy atom. The van der Waals surface area contributed by atoms with Gasteiger partial charge in [-0.3, -0.25) is 0 Å². The van der Waals surface area contributed by atoms with Crippen LogP contribution in [-0.4, -0.2) is 13.1 Å². The molecule has 0 bridgehead atoms. The molecule has 0 aliphatic rings. The smallest absolute Gasteiger partial charge is 0.000733 e. The predicted molar refractivity (Wildman–Crippen MR) is 50.6 cm³/mol. The normalized spacial score (nSPS) is 8.73. The van der Waals surface area contributed by atoms with Gasteiger partial charge in [0.2, 0.25) is 0 Å². The first-order valence-corrected chi connectivity index (χ1v) is 3.94. The lowest BCUT2D eigenvalue weighted by atomic mass is 10.4. The number of hydrogen-bond donors (Lipinski definition) is 1. The van der Waals surface area contributed by atoms with E-state index in [1.165, 1.54) is 0 Å². The lowest BCUT2D eigenvalue weighted by molar-refractivity contribution is 0.668. The first-order valence-electron chi connectivity index (χ1n) is 3.94. The first kappa shape index (κ1) is 10.2. The second-order valence-corrected chi connectivity index (χ2v) is 2.60. The minimum Gasteiger partial charge on any atom is -0.318 e. The molecular formula is C10H17N. The van der Waals surface area contributed by atoms with Crippen LogP contribution in [0.15, 0.2) is 36.4 Å². The maximum Gasteiger partial charge on any atom is 0.000733 e. The van der Waals surface area contributed by atoms with Crippen LogP contribution in [0.5, 0.6) is 0 Å². The molecule has 1 heteroatoms. The van der Waals surface area contributed by atoms with Crippen molar-refractivity contribution in [2.45, 2.75) is 19.9 Å². The number of nitrogens with one attached hydrogen (secondary N) is 1. The van der Waals surface area contributed by atoms with Crippen LogP contribution in [0.4, 0.5) is 0 Å². The highest BCUT2D eigenvalue weighted by Gasteiger charge is 1.76. The van der Waals surface area contributed by atoms with E-state index in [0.29, 0.717) is 6.04 Å². The van der Waals surface area contributed by atoms with Gasteiger partial charge in [-0.15, -0.1) is 0 Å². The zero-order valence-corrected chi connectivity index (χ0v) is 7.54. The molecule has 0 atom stereocenters. The van der Waals surface area contributed by atoms with E-state index >= 15 is 0 Å². The lowest BCUT2D eigenvalue weighted by Crippen LogP contribution is -2.15. The Hall–Kier alpha value is -0.820. The second-order valence-electron chi connectivity index (χ2n) is 2.60. The zero-order valence-electron chi connectivity index (χ0n) is 7.54. The van der Waals surface area contributed by atoms with E-state index in [1.54, 1.807) is 0 Å².